The van der Waals surface area contributed by atoms with Crippen LogP contribution in [0.2, 0.25) is 0 Å². The van der Waals surface area contributed by atoms with Crippen molar-refractivity contribution < 1.29 is 9.53 Å². The quantitative estimate of drug-likeness (QED) is 0.916. The van der Waals surface area contributed by atoms with Gasteiger partial charge in [-0.3, -0.25) is 9.69 Å². The van der Waals surface area contributed by atoms with Crippen molar-refractivity contribution in [1.29, 1.82) is 0 Å². The molecule has 2 aromatic carbocycles. The van der Waals surface area contributed by atoms with Crippen LogP contribution in [0.3, 0.4) is 0 Å². The maximum absolute atomic E-state index is 12.3. The molecule has 0 bridgehead atoms. The Bertz CT molecular complexity index is 710. The highest BCUT2D eigenvalue weighted by Gasteiger charge is 2.19. The molecule has 4 heteroatoms. The number of carbonyl (C=O) groups excluding carboxylic acids is 1. The van der Waals surface area contributed by atoms with Crippen molar-refractivity contribution in [1.82, 2.24) is 4.90 Å². The minimum atomic E-state index is 0.0308. The zero-order chi connectivity index (χ0) is 16.9. The Balaban J connectivity index is 1.59. The molecule has 1 aliphatic heterocycles. The molecule has 1 amide bonds. The van der Waals surface area contributed by atoms with E-state index < -0.39 is 0 Å². The van der Waals surface area contributed by atoms with Gasteiger partial charge in [0.05, 0.1) is 13.2 Å². The van der Waals surface area contributed by atoms with Crippen LogP contribution in [0.5, 0.6) is 5.75 Å². The van der Waals surface area contributed by atoms with E-state index in [0.717, 1.165) is 30.9 Å². The van der Waals surface area contributed by atoms with Gasteiger partial charge in [0, 0.05) is 18.8 Å². The molecule has 0 fully saturated rings. The van der Waals surface area contributed by atoms with Gasteiger partial charge in [0.1, 0.15) is 5.75 Å². The van der Waals surface area contributed by atoms with E-state index in [9.17, 15) is 4.79 Å². The Morgan fingerprint density at radius 1 is 1.17 bits per heavy atom. The first kappa shape index (κ1) is 16.5. The van der Waals surface area contributed by atoms with Gasteiger partial charge in [0.25, 0.3) is 0 Å². The van der Waals surface area contributed by atoms with E-state index in [2.05, 4.69) is 22.3 Å². The molecule has 0 saturated carbocycles. The lowest BCUT2D eigenvalue weighted by Crippen LogP contribution is -2.37. The predicted molar refractivity (Wildman–Crippen MR) is 96.4 cm³/mol. The van der Waals surface area contributed by atoms with Crippen LogP contribution in [-0.2, 0) is 17.8 Å². The van der Waals surface area contributed by atoms with Gasteiger partial charge in [-0.05, 0) is 55.7 Å². The third-order valence-electron chi connectivity index (χ3n) is 4.28. The second kappa shape index (κ2) is 7.49. The third kappa shape index (κ3) is 4.15. The van der Waals surface area contributed by atoms with Crippen LogP contribution in [-0.4, -0.2) is 30.5 Å². The van der Waals surface area contributed by atoms with Crippen LogP contribution in [0.1, 0.15) is 23.6 Å². The fourth-order valence-electron chi connectivity index (χ4n) is 3.02. The number of hydrogen-bond donors (Lipinski definition) is 1. The number of carbonyl (C=O) groups is 1. The van der Waals surface area contributed by atoms with Gasteiger partial charge in [-0.25, -0.2) is 0 Å². The van der Waals surface area contributed by atoms with Crippen LogP contribution in [0.15, 0.2) is 42.5 Å². The van der Waals surface area contributed by atoms with E-state index >= 15 is 0 Å². The van der Waals surface area contributed by atoms with E-state index in [-0.39, 0.29) is 5.91 Å². The smallest absolute Gasteiger partial charge is 0.238 e. The molecule has 0 unspecified atom stereocenters. The van der Waals surface area contributed by atoms with Crippen LogP contribution in [0, 0.1) is 6.92 Å². The van der Waals surface area contributed by atoms with Gasteiger partial charge in [-0.15, -0.1) is 0 Å². The summed E-state index contributed by atoms with van der Waals surface area (Å²) >= 11 is 0. The molecule has 1 N–H and O–H groups in total. The maximum Gasteiger partial charge on any atom is 0.238 e. The largest absolute Gasteiger partial charge is 0.494 e. The molecule has 4 nitrogen and oxygen atoms in total. The number of anilines is 1. The number of benzene rings is 2. The number of amides is 1. The standard InChI is InChI=1S/C20H24N2O2/c1-3-24-19-9-6-16-10-11-22(13-17(16)12-19)14-20(23)21-18-7-4-15(2)5-8-18/h4-9,12H,3,10-11,13-14H2,1-2H3,(H,21,23). The number of fused-ring (bicyclic) bond motifs is 1. The molecule has 126 valence electrons. The summed E-state index contributed by atoms with van der Waals surface area (Å²) in [6, 6.07) is 14.2. The number of rotatable bonds is 5. The molecule has 2 aromatic rings. The lowest BCUT2D eigenvalue weighted by molar-refractivity contribution is -0.117. The Morgan fingerprint density at radius 3 is 2.71 bits per heavy atom. The van der Waals surface area contributed by atoms with Gasteiger partial charge in [0.15, 0.2) is 0 Å². The van der Waals surface area contributed by atoms with Crippen LogP contribution in [0.4, 0.5) is 5.69 Å². The summed E-state index contributed by atoms with van der Waals surface area (Å²) in [4.78, 5) is 14.5. The number of aryl methyl sites for hydroxylation is 1. The van der Waals surface area contributed by atoms with Crippen LogP contribution >= 0.6 is 0 Å². The van der Waals surface area contributed by atoms with Crippen molar-refractivity contribution >= 4 is 11.6 Å². The molecular formula is C20H24N2O2. The fourth-order valence-corrected chi connectivity index (χ4v) is 3.02. The molecule has 0 atom stereocenters. The SMILES string of the molecule is CCOc1ccc2c(c1)CN(CC(=O)Nc1ccc(C)cc1)CC2. The molecule has 1 aliphatic rings. The van der Waals surface area contributed by atoms with Crippen molar-refractivity contribution in [3.05, 3.63) is 59.2 Å². The van der Waals surface area contributed by atoms with Crippen molar-refractivity contribution in [2.75, 3.05) is 25.0 Å². The number of ether oxygens (including phenoxy) is 1. The molecule has 24 heavy (non-hydrogen) atoms. The summed E-state index contributed by atoms with van der Waals surface area (Å²) in [5.74, 6) is 0.936. The predicted octanol–water partition coefficient (Wildman–Crippen LogP) is 3.39. The second-order valence-electron chi connectivity index (χ2n) is 6.24. The average molecular weight is 324 g/mol. The van der Waals surface area contributed by atoms with Gasteiger partial charge in [0.2, 0.25) is 5.91 Å². The Labute approximate surface area is 143 Å². The first-order valence-corrected chi connectivity index (χ1v) is 8.47. The summed E-state index contributed by atoms with van der Waals surface area (Å²) in [6.45, 7) is 6.79. The van der Waals surface area contributed by atoms with Gasteiger partial charge < -0.3 is 10.1 Å². The Hall–Kier alpha value is -2.33. The summed E-state index contributed by atoms with van der Waals surface area (Å²) in [6.07, 6.45) is 0.972. The van der Waals surface area contributed by atoms with Gasteiger partial charge in [-0.2, -0.15) is 0 Å². The summed E-state index contributed by atoms with van der Waals surface area (Å²) in [5, 5.41) is 2.97. The number of nitrogens with one attached hydrogen (secondary N) is 1. The highest BCUT2D eigenvalue weighted by atomic mass is 16.5. The van der Waals surface area contributed by atoms with Crippen LogP contribution < -0.4 is 10.1 Å². The van der Waals surface area contributed by atoms with E-state index in [1.165, 1.54) is 16.7 Å². The molecule has 3 rings (SSSR count). The first-order chi connectivity index (χ1) is 11.6. The summed E-state index contributed by atoms with van der Waals surface area (Å²) < 4.78 is 5.58. The molecule has 0 aromatic heterocycles. The molecule has 0 spiro atoms. The monoisotopic (exact) mass is 324 g/mol. The van der Waals surface area contributed by atoms with Crippen LogP contribution in [0.25, 0.3) is 0 Å². The highest BCUT2D eigenvalue weighted by Crippen LogP contribution is 2.24. The van der Waals surface area contributed by atoms with Crippen molar-refractivity contribution in [2.24, 2.45) is 0 Å². The zero-order valence-electron chi connectivity index (χ0n) is 14.3. The minimum absolute atomic E-state index is 0.0308. The summed E-state index contributed by atoms with van der Waals surface area (Å²) in [5.41, 5.74) is 4.65. The first-order valence-electron chi connectivity index (χ1n) is 8.47. The fraction of sp³-hybridized carbons (Fsp3) is 0.350. The Morgan fingerprint density at radius 2 is 1.96 bits per heavy atom. The van der Waals surface area contributed by atoms with E-state index in [0.29, 0.717) is 13.2 Å². The minimum Gasteiger partial charge on any atom is -0.494 e. The highest BCUT2D eigenvalue weighted by molar-refractivity contribution is 5.92. The Kier molecular flexibility index (Phi) is 5.16. The zero-order valence-corrected chi connectivity index (χ0v) is 14.3. The summed E-state index contributed by atoms with van der Waals surface area (Å²) in [7, 11) is 0. The second-order valence-corrected chi connectivity index (χ2v) is 6.24. The number of hydrogen-bond acceptors (Lipinski definition) is 3. The van der Waals surface area contributed by atoms with Crippen molar-refractivity contribution in [3.8, 4) is 5.75 Å². The average Bonchev–Trinajstić information content (AvgIpc) is 2.57. The van der Waals surface area contributed by atoms with Gasteiger partial charge in [-0.1, -0.05) is 23.8 Å². The van der Waals surface area contributed by atoms with E-state index in [4.69, 9.17) is 4.74 Å². The number of nitrogens with zero attached hydrogens (tertiary/aromatic N) is 1. The topological polar surface area (TPSA) is 41.6 Å². The molecule has 1 heterocycles. The lowest BCUT2D eigenvalue weighted by atomic mass is 9.99. The third-order valence-corrected chi connectivity index (χ3v) is 4.28. The molecule has 0 aliphatic carbocycles. The van der Waals surface area contributed by atoms with E-state index in [1.54, 1.807) is 0 Å². The molecular weight excluding hydrogens is 300 g/mol. The molecule has 0 radical (unpaired) electrons. The lowest BCUT2D eigenvalue weighted by Gasteiger charge is -2.28. The molecule has 0 saturated heterocycles. The van der Waals surface area contributed by atoms with Gasteiger partial charge >= 0.3 is 0 Å². The normalized spacial score (nSPS) is 14.1. The maximum atomic E-state index is 12.3. The van der Waals surface area contributed by atoms with E-state index in [1.807, 2.05) is 44.2 Å². The van der Waals surface area contributed by atoms with Crippen molar-refractivity contribution in [3.63, 3.8) is 0 Å². The van der Waals surface area contributed by atoms with Crippen molar-refractivity contribution in [2.45, 2.75) is 26.8 Å².